The van der Waals surface area contributed by atoms with Gasteiger partial charge in [-0.15, -0.1) is 0 Å². The molecule has 1 radical (unpaired) electrons. The summed E-state index contributed by atoms with van der Waals surface area (Å²) in [5.41, 5.74) is 2.02. The highest BCUT2D eigenvalue weighted by Gasteiger charge is 1.95. The van der Waals surface area contributed by atoms with Crippen LogP contribution in [0, 0.1) is 19.9 Å². The highest BCUT2D eigenvalue weighted by Crippen LogP contribution is 2.16. The second-order valence-corrected chi connectivity index (χ2v) is 2.13. The maximum Gasteiger partial charge on any atom is 0.126 e. The van der Waals surface area contributed by atoms with Crippen molar-refractivity contribution in [2.45, 2.75) is 13.8 Å². The van der Waals surface area contributed by atoms with Crippen molar-refractivity contribution in [2.24, 2.45) is 0 Å². The van der Waals surface area contributed by atoms with Gasteiger partial charge >= 0.3 is 0 Å². The Kier molecular flexibility index (Phi) is 1.43. The summed E-state index contributed by atoms with van der Waals surface area (Å²) < 4.78 is 0. The van der Waals surface area contributed by atoms with Gasteiger partial charge in [0, 0.05) is 6.07 Å². The van der Waals surface area contributed by atoms with Crippen LogP contribution in [0.1, 0.15) is 11.1 Å². The van der Waals surface area contributed by atoms with Crippen molar-refractivity contribution in [1.82, 2.24) is 0 Å². The van der Waals surface area contributed by atoms with E-state index in [-0.39, 0.29) is 5.75 Å². The van der Waals surface area contributed by atoms with Crippen molar-refractivity contribution < 1.29 is 5.11 Å². The Bertz CT molecular complexity index is 196. The summed E-state index contributed by atoms with van der Waals surface area (Å²) in [5.74, 6) is 0.259. The number of aromatic hydroxyl groups is 1. The summed E-state index contributed by atoms with van der Waals surface area (Å²) in [7, 11) is 0. The van der Waals surface area contributed by atoms with E-state index in [2.05, 4.69) is 6.07 Å². The first-order valence-electron chi connectivity index (χ1n) is 2.88. The lowest BCUT2D eigenvalue weighted by Crippen LogP contribution is -1.78. The number of hydrogen-bond acceptors (Lipinski definition) is 1. The van der Waals surface area contributed by atoms with Crippen molar-refractivity contribution in [3.63, 3.8) is 0 Å². The molecule has 0 aliphatic rings. The molecular formula is C8H9O. The maximum atomic E-state index is 9.04. The molecule has 47 valence electrons. The van der Waals surface area contributed by atoms with Gasteiger partial charge in [-0.25, -0.2) is 0 Å². The molecule has 1 rings (SSSR count). The van der Waals surface area contributed by atoms with E-state index in [0.29, 0.717) is 0 Å². The van der Waals surface area contributed by atoms with Gasteiger partial charge in [0.05, 0.1) is 0 Å². The van der Waals surface area contributed by atoms with Gasteiger partial charge in [0.15, 0.2) is 0 Å². The molecule has 0 heterocycles. The first-order valence-corrected chi connectivity index (χ1v) is 2.88. The van der Waals surface area contributed by atoms with Crippen LogP contribution in [0.3, 0.4) is 0 Å². The molecule has 0 saturated carbocycles. The predicted octanol–water partition coefficient (Wildman–Crippen LogP) is 1.81. The molecule has 0 aliphatic heterocycles. The first-order chi connectivity index (χ1) is 4.22. The molecule has 9 heavy (non-hydrogen) atoms. The van der Waals surface area contributed by atoms with Gasteiger partial charge in [-0.3, -0.25) is 0 Å². The third kappa shape index (κ3) is 1.04. The lowest BCUT2D eigenvalue weighted by molar-refractivity contribution is 0.469. The summed E-state index contributed by atoms with van der Waals surface area (Å²) in [4.78, 5) is 0. The molecule has 1 heteroatoms. The van der Waals surface area contributed by atoms with E-state index in [0.717, 1.165) is 11.1 Å². The molecule has 1 N–H and O–H groups in total. The van der Waals surface area contributed by atoms with Crippen LogP contribution in [0.2, 0.25) is 0 Å². The fourth-order valence-corrected chi connectivity index (χ4v) is 0.666. The quantitative estimate of drug-likeness (QED) is 0.555. The van der Waals surface area contributed by atoms with Crippen LogP contribution in [-0.2, 0) is 0 Å². The van der Waals surface area contributed by atoms with Crippen LogP contribution in [-0.4, -0.2) is 5.11 Å². The number of hydrogen-bond donors (Lipinski definition) is 1. The van der Waals surface area contributed by atoms with Crippen LogP contribution in [0.25, 0.3) is 0 Å². The van der Waals surface area contributed by atoms with E-state index in [9.17, 15) is 0 Å². The van der Waals surface area contributed by atoms with Gasteiger partial charge in [-0.05, 0) is 25.0 Å². The standard InChI is InChI=1S/C8H9O/c1-6-4-3-5-8(9)7(6)2/h3-4,9H,1-2H3. The third-order valence-corrected chi connectivity index (χ3v) is 1.50. The van der Waals surface area contributed by atoms with Crippen molar-refractivity contribution >= 4 is 0 Å². The minimum Gasteiger partial charge on any atom is -0.507 e. The van der Waals surface area contributed by atoms with Gasteiger partial charge in [0.2, 0.25) is 0 Å². The zero-order chi connectivity index (χ0) is 6.85. The van der Waals surface area contributed by atoms with E-state index in [1.807, 2.05) is 19.9 Å². The number of phenolic OH excluding ortho intramolecular Hbond substituents is 1. The molecule has 0 atom stereocenters. The summed E-state index contributed by atoms with van der Waals surface area (Å²) in [6.45, 7) is 3.84. The molecule has 0 aromatic heterocycles. The zero-order valence-corrected chi connectivity index (χ0v) is 5.60. The Morgan fingerprint density at radius 3 is 2.56 bits per heavy atom. The van der Waals surface area contributed by atoms with Crippen LogP contribution in [0.4, 0.5) is 0 Å². The maximum absolute atomic E-state index is 9.04. The fourth-order valence-electron chi connectivity index (χ4n) is 0.666. The normalized spacial score (nSPS) is 9.56. The highest BCUT2D eigenvalue weighted by molar-refractivity contribution is 5.35. The van der Waals surface area contributed by atoms with Crippen LogP contribution < -0.4 is 0 Å². The predicted molar refractivity (Wildman–Crippen MR) is 36.4 cm³/mol. The molecule has 0 amide bonds. The van der Waals surface area contributed by atoms with Gasteiger partial charge in [0.1, 0.15) is 5.75 Å². The van der Waals surface area contributed by atoms with E-state index in [1.54, 1.807) is 6.07 Å². The van der Waals surface area contributed by atoms with Crippen LogP contribution >= 0.6 is 0 Å². The lowest BCUT2D eigenvalue weighted by atomic mass is 10.1. The van der Waals surface area contributed by atoms with Crippen LogP contribution in [0.5, 0.6) is 5.75 Å². The first kappa shape index (κ1) is 6.14. The molecule has 0 aliphatic carbocycles. The number of phenols is 1. The Labute approximate surface area is 55.0 Å². The molecule has 1 aromatic rings. The molecule has 0 bridgehead atoms. The Hall–Kier alpha value is -0.980. The molecule has 0 unspecified atom stereocenters. The fraction of sp³-hybridized carbons (Fsp3) is 0.250. The summed E-state index contributed by atoms with van der Waals surface area (Å²) >= 11 is 0. The highest BCUT2D eigenvalue weighted by atomic mass is 16.3. The van der Waals surface area contributed by atoms with E-state index in [1.165, 1.54) is 0 Å². The van der Waals surface area contributed by atoms with Crippen molar-refractivity contribution in [2.75, 3.05) is 0 Å². The minimum absolute atomic E-state index is 0.259. The molecule has 1 aromatic carbocycles. The Morgan fingerprint density at radius 1 is 1.44 bits per heavy atom. The van der Waals surface area contributed by atoms with Gasteiger partial charge in [-0.2, -0.15) is 0 Å². The van der Waals surface area contributed by atoms with Gasteiger partial charge in [0.25, 0.3) is 0 Å². The average molecular weight is 121 g/mol. The minimum atomic E-state index is 0.259. The summed E-state index contributed by atoms with van der Waals surface area (Å²) in [5, 5.41) is 9.04. The third-order valence-electron chi connectivity index (χ3n) is 1.50. The largest absolute Gasteiger partial charge is 0.507 e. The number of rotatable bonds is 0. The van der Waals surface area contributed by atoms with Gasteiger partial charge < -0.3 is 5.11 Å². The van der Waals surface area contributed by atoms with Crippen molar-refractivity contribution in [3.05, 3.63) is 29.3 Å². The van der Waals surface area contributed by atoms with E-state index >= 15 is 0 Å². The van der Waals surface area contributed by atoms with Crippen LogP contribution in [0.15, 0.2) is 12.1 Å². The topological polar surface area (TPSA) is 20.2 Å². The molecule has 0 fully saturated rings. The lowest BCUT2D eigenvalue weighted by Gasteiger charge is -1.98. The second kappa shape index (κ2) is 2.09. The van der Waals surface area contributed by atoms with Gasteiger partial charge in [-0.1, -0.05) is 12.1 Å². The summed E-state index contributed by atoms with van der Waals surface area (Å²) in [6.07, 6.45) is 0. The average Bonchev–Trinajstić information content (AvgIpc) is 1.83. The Balaban J connectivity index is 3.25. The van der Waals surface area contributed by atoms with E-state index in [4.69, 9.17) is 5.11 Å². The molecule has 0 spiro atoms. The Morgan fingerprint density at radius 2 is 2.11 bits per heavy atom. The second-order valence-electron chi connectivity index (χ2n) is 2.13. The SMILES string of the molecule is Cc1cc[c]c(O)c1C. The van der Waals surface area contributed by atoms with E-state index < -0.39 is 0 Å². The molecule has 0 saturated heterocycles. The smallest absolute Gasteiger partial charge is 0.126 e. The number of benzene rings is 1. The van der Waals surface area contributed by atoms with Crippen molar-refractivity contribution in [3.8, 4) is 5.75 Å². The van der Waals surface area contributed by atoms with Crippen molar-refractivity contribution in [1.29, 1.82) is 0 Å². The monoisotopic (exact) mass is 121 g/mol. The molecular weight excluding hydrogens is 112 g/mol. The number of aryl methyl sites for hydroxylation is 1. The molecule has 1 nitrogen and oxygen atoms in total. The zero-order valence-electron chi connectivity index (χ0n) is 5.60. The summed E-state index contributed by atoms with van der Waals surface area (Å²) in [6, 6.07) is 6.34.